The van der Waals surface area contributed by atoms with Gasteiger partial charge >= 0.3 is 0 Å². The van der Waals surface area contributed by atoms with E-state index in [0.29, 0.717) is 18.8 Å². The lowest BCUT2D eigenvalue weighted by molar-refractivity contribution is 0.171. The Hall–Kier alpha value is -1.13. The van der Waals surface area contributed by atoms with Crippen LogP contribution in [0.25, 0.3) is 0 Å². The van der Waals surface area contributed by atoms with E-state index in [4.69, 9.17) is 9.47 Å². The number of methoxy groups -OCH3 is 1. The number of halogens is 1. The Morgan fingerprint density at radius 3 is 2.70 bits per heavy atom. The van der Waals surface area contributed by atoms with Crippen LogP contribution in [0, 0.1) is 12.7 Å². The van der Waals surface area contributed by atoms with E-state index in [-0.39, 0.29) is 11.9 Å². The van der Waals surface area contributed by atoms with Gasteiger partial charge in [-0.1, -0.05) is 6.92 Å². The minimum absolute atomic E-state index is 0.0717. The monoisotopic (exact) mass is 283 g/mol. The maximum atomic E-state index is 13.8. The molecule has 0 saturated heterocycles. The highest BCUT2D eigenvalue weighted by molar-refractivity contribution is 5.40. The minimum Gasteiger partial charge on any atom is -0.493 e. The number of aryl methyl sites for hydroxylation is 1. The van der Waals surface area contributed by atoms with Crippen molar-refractivity contribution < 1.29 is 13.9 Å². The fraction of sp³-hybridized carbons (Fsp3) is 0.625. The molecule has 1 N–H and O–H groups in total. The minimum atomic E-state index is -0.186. The van der Waals surface area contributed by atoms with Crippen molar-refractivity contribution in [1.29, 1.82) is 0 Å². The number of rotatable bonds is 9. The Morgan fingerprint density at radius 1 is 1.30 bits per heavy atom. The van der Waals surface area contributed by atoms with Crippen molar-refractivity contribution >= 4 is 0 Å². The van der Waals surface area contributed by atoms with Crippen LogP contribution >= 0.6 is 0 Å². The molecule has 4 heteroatoms. The summed E-state index contributed by atoms with van der Waals surface area (Å²) in [6.07, 6.45) is 1.87. The average molecular weight is 283 g/mol. The quantitative estimate of drug-likeness (QED) is 0.702. The van der Waals surface area contributed by atoms with Crippen LogP contribution in [0.3, 0.4) is 0 Å². The van der Waals surface area contributed by atoms with Crippen LogP contribution in [0.1, 0.15) is 43.9 Å². The Kier molecular flexibility index (Phi) is 7.55. The summed E-state index contributed by atoms with van der Waals surface area (Å²) in [6, 6.07) is 3.43. The molecule has 0 bridgehead atoms. The molecule has 114 valence electrons. The highest BCUT2D eigenvalue weighted by Crippen LogP contribution is 2.28. The van der Waals surface area contributed by atoms with Gasteiger partial charge in [-0.3, -0.25) is 0 Å². The second kappa shape index (κ2) is 8.93. The molecule has 0 aliphatic carbocycles. The van der Waals surface area contributed by atoms with Crippen molar-refractivity contribution in [2.45, 2.75) is 39.7 Å². The number of benzene rings is 1. The van der Waals surface area contributed by atoms with Gasteiger partial charge in [0.15, 0.2) is 0 Å². The molecule has 1 aromatic rings. The second-order valence-electron chi connectivity index (χ2n) is 5.01. The lowest BCUT2D eigenvalue weighted by Crippen LogP contribution is -2.20. The first kappa shape index (κ1) is 16.9. The van der Waals surface area contributed by atoms with Gasteiger partial charge in [0.05, 0.1) is 6.61 Å². The first-order valence-corrected chi connectivity index (χ1v) is 7.25. The van der Waals surface area contributed by atoms with Gasteiger partial charge in [-0.2, -0.15) is 0 Å². The van der Waals surface area contributed by atoms with E-state index in [1.54, 1.807) is 26.2 Å². The molecule has 0 fully saturated rings. The lowest BCUT2D eigenvalue weighted by Gasteiger charge is -2.19. The van der Waals surface area contributed by atoms with Crippen molar-refractivity contribution in [1.82, 2.24) is 5.32 Å². The van der Waals surface area contributed by atoms with Gasteiger partial charge in [0.25, 0.3) is 0 Å². The van der Waals surface area contributed by atoms with E-state index in [0.717, 1.165) is 30.7 Å². The SMILES string of the molecule is CCCNC(C)c1cc(F)c(C)cc1OCCCOC. The summed E-state index contributed by atoms with van der Waals surface area (Å²) in [4.78, 5) is 0. The summed E-state index contributed by atoms with van der Waals surface area (Å²) >= 11 is 0. The molecule has 0 aromatic heterocycles. The van der Waals surface area contributed by atoms with Crippen molar-refractivity contribution in [2.75, 3.05) is 26.9 Å². The average Bonchev–Trinajstić information content (AvgIpc) is 2.44. The van der Waals surface area contributed by atoms with E-state index in [2.05, 4.69) is 12.2 Å². The van der Waals surface area contributed by atoms with Gasteiger partial charge in [0, 0.05) is 31.7 Å². The first-order chi connectivity index (χ1) is 9.60. The van der Waals surface area contributed by atoms with Crippen LogP contribution in [-0.4, -0.2) is 26.9 Å². The lowest BCUT2D eigenvalue weighted by atomic mass is 10.0. The van der Waals surface area contributed by atoms with E-state index in [1.807, 2.05) is 6.92 Å². The largest absolute Gasteiger partial charge is 0.493 e. The molecule has 0 saturated carbocycles. The Morgan fingerprint density at radius 2 is 2.05 bits per heavy atom. The Balaban J connectivity index is 2.80. The molecule has 20 heavy (non-hydrogen) atoms. The zero-order valence-corrected chi connectivity index (χ0v) is 13.0. The highest BCUT2D eigenvalue weighted by atomic mass is 19.1. The summed E-state index contributed by atoms with van der Waals surface area (Å²) in [5, 5.41) is 3.37. The van der Waals surface area contributed by atoms with Crippen molar-refractivity contribution in [2.24, 2.45) is 0 Å². The van der Waals surface area contributed by atoms with Crippen LogP contribution in [0.2, 0.25) is 0 Å². The number of hydrogen-bond acceptors (Lipinski definition) is 3. The van der Waals surface area contributed by atoms with Crippen LogP contribution in [-0.2, 0) is 4.74 Å². The van der Waals surface area contributed by atoms with Crippen molar-refractivity contribution in [3.05, 3.63) is 29.1 Å². The summed E-state index contributed by atoms with van der Waals surface area (Å²) in [5.74, 6) is 0.575. The molecule has 0 aliphatic heterocycles. The van der Waals surface area contributed by atoms with Gasteiger partial charge < -0.3 is 14.8 Å². The molecule has 1 unspecified atom stereocenters. The predicted octanol–water partition coefficient (Wildman–Crippen LogP) is 3.61. The summed E-state index contributed by atoms with van der Waals surface area (Å²) in [7, 11) is 1.67. The van der Waals surface area contributed by atoms with Crippen LogP contribution in [0.15, 0.2) is 12.1 Å². The molecule has 1 aromatic carbocycles. The van der Waals surface area contributed by atoms with Gasteiger partial charge in [-0.05, 0) is 44.5 Å². The van der Waals surface area contributed by atoms with Crippen LogP contribution < -0.4 is 10.1 Å². The smallest absolute Gasteiger partial charge is 0.126 e. The molecule has 3 nitrogen and oxygen atoms in total. The molecule has 0 heterocycles. The standard InChI is InChI=1S/C16H26FNO2/c1-5-7-18-13(3)14-11-15(17)12(2)10-16(14)20-9-6-8-19-4/h10-11,13,18H,5-9H2,1-4H3. The normalized spacial score (nSPS) is 12.4. The van der Waals surface area contributed by atoms with Crippen molar-refractivity contribution in [3.63, 3.8) is 0 Å². The zero-order chi connectivity index (χ0) is 15.0. The van der Waals surface area contributed by atoms with E-state index in [1.165, 1.54) is 0 Å². The zero-order valence-electron chi connectivity index (χ0n) is 13.0. The first-order valence-electron chi connectivity index (χ1n) is 7.25. The predicted molar refractivity (Wildman–Crippen MR) is 79.8 cm³/mol. The van der Waals surface area contributed by atoms with E-state index >= 15 is 0 Å². The van der Waals surface area contributed by atoms with Gasteiger partial charge in [0.2, 0.25) is 0 Å². The van der Waals surface area contributed by atoms with Gasteiger partial charge in [-0.15, -0.1) is 0 Å². The van der Waals surface area contributed by atoms with Crippen molar-refractivity contribution in [3.8, 4) is 5.75 Å². The maximum Gasteiger partial charge on any atom is 0.126 e. The third-order valence-corrected chi connectivity index (χ3v) is 3.21. The molecular formula is C16H26FNO2. The van der Waals surface area contributed by atoms with Crippen LogP contribution in [0.4, 0.5) is 4.39 Å². The summed E-state index contributed by atoms with van der Waals surface area (Å²) in [5.41, 5.74) is 1.48. The molecule has 1 atom stereocenters. The molecule has 0 radical (unpaired) electrons. The third kappa shape index (κ3) is 5.10. The molecule has 0 amide bonds. The number of ether oxygens (including phenoxy) is 2. The van der Waals surface area contributed by atoms with Gasteiger partial charge in [0.1, 0.15) is 11.6 Å². The van der Waals surface area contributed by atoms with E-state index < -0.39 is 0 Å². The topological polar surface area (TPSA) is 30.5 Å². The third-order valence-electron chi connectivity index (χ3n) is 3.21. The summed E-state index contributed by atoms with van der Waals surface area (Å²) < 4.78 is 24.6. The fourth-order valence-corrected chi connectivity index (χ4v) is 1.99. The van der Waals surface area contributed by atoms with Crippen LogP contribution in [0.5, 0.6) is 5.75 Å². The number of hydrogen-bond donors (Lipinski definition) is 1. The molecular weight excluding hydrogens is 257 g/mol. The maximum absolute atomic E-state index is 13.8. The highest BCUT2D eigenvalue weighted by Gasteiger charge is 2.14. The molecule has 0 spiro atoms. The Bertz CT molecular complexity index is 410. The second-order valence-corrected chi connectivity index (χ2v) is 5.01. The molecule has 0 aliphatic rings. The Labute approximate surface area is 121 Å². The number of nitrogens with one attached hydrogen (secondary N) is 1. The molecule has 1 rings (SSSR count). The van der Waals surface area contributed by atoms with E-state index in [9.17, 15) is 4.39 Å². The summed E-state index contributed by atoms with van der Waals surface area (Å²) in [6.45, 7) is 8.04. The van der Waals surface area contributed by atoms with Gasteiger partial charge in [-0.25, -0.2) is 4.39 Å². The fourth-order valence-electron chi connectivity index (χ4n) is 1.99.